The second-order valence-electron chi connectivity index (χ2n) is 2.41. The van der Waals surface area contributed by atoms with Crippen molar-refractivity contribution in [3.8, 4) is 0 Å². The summed E-state index contributed by atoms with van der Waals surface area (Å²) in [5.74, 6) is 4.79. The third kappa shape index (κ3) is 1.48. The molecule has 0 aromatic carbocycles. The average molecular weight is 152 g/mol. The first-order chi connectivity index (χ1) is 3.80. The van der Waals surface area contributed by atoms with Gasteiger partial charge in [0.1, 0.15) is 0 Å². The van der Waals surface area contributed by atoms with Gasteiger partial charge in [0.2, 0.25) is 0 Å². The van der Waals surface area contributed by atoms with Gasteiger partial charge in [0.05, 0.1) is 0 Å². The van der Waals surface area contributed by atoms with E-state index in [0.29, 0.717) is 0 Å². The number of nitrogens with zero attached hydrogens (tertiary/aromatic N) is 1. The maximum absolute atomic E-state index is 2.65. The molecule has 1 nitrogen and oxygen atoms in total. The Balaban J connectivity index is 2.24. The van der Waals surface area contributed by atoms with E-state index in [1.54, 1.807) is 0 Å². The Morgan fingerprint density at radius 1 is 1.12 bits per heavy atom. The van der Waals surface area contributed by atoms with Gasteiger partial charge >= 0.3 is 55.8 Å². The molecule has 0 atom stereocenters. The van der Waals surface area contributed by atoms with Crippen LogP contribution in [0.2, 0.25) is 11.6 Å². The van der Waals surface area contributed by atoms with Crippen LogP contribution in [0.3, 0.4) is 0 Å². The summed E-state index contributed by atoms with van der Waals surface area (Å²) in [6.45, 7) is 2.77. The monoisotopic (exact) mass is 152 g/mol. The number of hydrogen-bond acceptors (Lipinski definition) is 1. The molecule has 2 heteroatoms. The fraction of sp³-hybridized carbons (Fsp3) is 1.00. The summed E-state index contributed by atoms with van der Waals surface area (Å²) in [7, 11) is 0. The molecule has 0 aromatic rings. The van der Waals surface area contributed by atoms with Crippen LogP contribution < -0.4 is 0 Å². The Labute approximate surface area is 56.3 Å². The second-order valence-corrected chi connectivity index (χ2v) is 5.63. The molecule has 0 aromatic heterocycles. The summed E-state index contributed by atoms with van der Waals surface area (Å²) in [6.07, 6.45) is 2.89. The molecule has 0 saturated carbocycles. The molecule has 0 amide bonds. The molecule has 49 valence electrons. The molecule has 0 aliphatic carbocycles. The third-order valence-corrected chi connectivity index (χ3v) is 3.76. The summed E-state index contributed by atoms with van der Waals surface area (Å²) in [5.41, 5.74) is 0. The molecule has 0 bridgehead atoms. The Morgan fingerprint density at radius 2 is 1.62 bits per heavy atom. The van der Waals surface area contributed by atoms with E-state index >= 15 is 0 Å². The molecule has 1 heterocycles. The first-order valence-corrected chi connectivity index (χ1v) is 6.25. The fourth-order valence-corrected chi connectivity index (χ4v) is 2.60. The van der Waals surface area contributed by atoms with Crippen LogP contribution in [-0.4, -0.2) is 17.0 Å². The number of hydrogen-bond donors (Lipinski definition) is 0. The summed E-state index contributed by atoms with van der Waals surface area (Å²) >= 11 is -0.273. The van der Waals surface area contributed by atoms with E-state index in [1.807, 2.05) is 0 Å². The fourth-order valence-electron chi connectivity index (χ4n) is 1.05. The first-order valence-electron chi connectivity index (χ1n) is 3.13. The van der Waals surface area contributed by atoms with Crippen molar-refractivity contribution in [2.45, 2.75) is 24.4 Å². The molecule has 8 heavy (non-hydrogen) atoms. The zero-order valence-corrected chi connectivity index (χ0v) is 6.96. The molecular formula is C6H14CrN. The molecule has 1 rings (SSSR count). The zero-order valence-electron chi connectivity index (χ0n) is 5.68. The van der Waals surface area contributed by atoms with Crippen molar-refractivity contribution in [3.63, 3.8) is 0 Å². The first kappa shape index (κ1) is 6.61. The van der Waals surface area contributed by atoms with Crippen LogP contribution in [0.1, 0.15) is 12.8 Å². The third-order valence-electron chi connectivity index (χ3n) is 1.58. The van der Waals surface area contributed by atoms with E-state index in [2.05, 4.69) is 15.5 Å². The zero-order chi connectivity index (χ0) is 5.98. The van der Waals surface area contributed by atoms with Crippen LogP contribution >= 0.6 is 0 Å². The molecule has 0 spiro atoms. The molecule has 0 radical (unpaired) electrons. The summed E-state index contributed by atoms with van der Waals surface area (Å²) in [4.78, 5) is 0. The van der Waals surface area contributed by atoms with E-state index in [4.69, 9.17) is 0 Å². The van der Waals surface area contributed by atoms with Crippen molar-refractivity contribution in [1.29, 1.82) is 0 Å². The van der Waals surface area contributed by atoms with Crippen molar-refractivity contribution in [2.24, 2.45) is 0 Å². The predicted molar refractivity (Wildman–Crippen MR) is 32.5 cm³/mol. The van der Waals surface area contributed by atoms with Crippen molar-refractivity contribution in [3.05, 3.63) is 0 Å². The SMILES string of the molecule is [CH3][Cr]([CH3])[N]1CCCC1. The quantitative estimate of drug-likeness (QED) is 0.553. The van der Waals surface area contributed by atoms with Crippen molar-refractivity contribution >= 4 is 0 Å². The van der Waals surface area contributed by atoms with Crippen molar-refractivity contribution < 1.29 is 14.4 Å². The van der Waals surface area contributed by atoms with Gasteiger partial charge in [-0.25, -0.2) is 0 Å². The Morgan fingerprint density at radius 3 is 1.88 bits per heavy atom. The van der Waals surface area contributed by atoms with E-state index in [1.165, 1.54) is 25.9 Å². The molecular weight excluding hydrogens is 138 g/mol. The summed E-state index contributed by atoms with van der Waals surface area (Å²) < 4.78 is 2.65. The number of rotatable bonds is 1. The van der Waals surface area contributed by atoms with Gasteiger partial charge in [-0.1, -0.05) is 0 Å². The van der Waals surface area contributed by atoms with Crippen LogP contribution in [-0.2, 0) is 14.4 Å². The minimum atomic E-state index is -0.273. The van der Waals surface area contributed by atoms with Gasteiger partial charge in [-0.3, -0.25) is 0 Å². The maximum atomic E-state index is 2.65. The molecule has 0 unspecified atom stereocenters. The van der Waals surface area contributed by atoms with Crippen LogP contribution in [0.5, 0.6) is 0 Å². The molecule has 1 saturated heterocycles. The van der Waals surface area contributed by atoms with Gasteiger partial charge in [-0.2, -0.15) is 0 Å². The normalized spacial score (nSPS) is 22.9. The van der Waals surface area contributed by atoms with E-state index in [-0.39, 0.29) is 14.4 Å². The Bertz CT molecular complexity index is 66.9. The van der Waals surface area contributed by atoms with Crippen LogP contribution in [0.25, 0.3) is 0 Å². The Kier molecular flexibility index (Phi) is 2.37. The minimum absolute atomic E-state index is 0.273. The molecule has 0 N–H and O–H groups in total. The van der Waals surface area contributed by atoms with Gasteiger partial charge < -0.3 is 0 Å². The van der Waals surface area contributed by atoms with Crippen molar-refractivity contribution in [2.75, 3.05) is 13.1 Å². The van der Waals surface area contributed by atoms with E-state index < -0.39 is 0 Å². The van der Waals surface area contributed by atoms with Gasteiger partial charge in [0, 0.05) is 0 Å². The van der Waals surface area contributed by atoms with Gasteiger partial charge in [0.15, 0.2) is 0 Å². The second kappa shape index (κ2) is 2.87. The van der Waals surface area contributed by atoms with Gasteiger partial charge in [0.25, 0.3) is 0 Å². The van der Waals surface area contributed by atoms with E-state index in [0.717, 1.165) is 0 Å². The van der Waals surface area contributed by atoms with Crippen LogP contribution in [0.4, 0.5) is 0 Å². The summed E-state index contributed by atoms with van der Waals surface area (Å²) in [5, 5.41) is 0. The van der Waals surface area contributed by atoms with E-state index in [9.17, 15) is 0 Å². The van der Waals surface area contributed by atoms with Crippen LogP contribution in [0, 0.1) is 0 Å². The Hall–Kier alpha value is 0.492. The molecule has 1 aliphatic rings. The van der Waals surface area contributed by atoms with Gasteiger partial charge in [-0.05, 0) is 0 Å². The standard InChI is InChI=1S/C4H8N.2CH3.Cr/c1-2-4-5-3-1;;;/h1-4H2;2*1H3;/q-1;;;+1. The predicted octanol–water partition coefficient (Wildman–Crippen LogP) is 1.71. The summed E-state index contributed by atoms with van der Waals surface area (Å²) in [6, 6.07) is 0. The molecule has 1 aliphatic heterocycles. The molecule has 1 fully saturated rings. The van der Waals surface area contributed by atoms with Crippen LogP contribution in [0.15, 0.2) is 0 Å². The van der Waals surface area contributed by atoms with Crippen molar-refractivity contribution in [1.82, 2.24) is 3.88 Å². The topological polar surface area (TPSA) is 3.24 Å². The average Bonchev–Trinajstić information content (AvgIpc) is 2.12. The van der Waals surface area contributed by atoms with Gasteiger partial charge in [-0.15, -0.1) is 0 Å².